The van der Waals surface area contributed by atoms with Crippen LogP contribution < -0.4 is 5.73 Å². The Morgan fingerprint density at radius 1 is 0.930 bits per heavy atom. The van der Waals surface area contributed by atoms with E-state index in [0.717, 1.165) is 5.56 Å². The number of nitrogens with zero attached hydrogens (tertiary/aromatic N) is 3. The minimum absolute atomic E-state index is 0.00217. The number of hydrogen-bond acceptors (Lipinski definition) is 4. The summed E-state index contributed by atoms with van der Waals surface area (Å²) in [5.74, 6) is -2.13. The normalized spacial score (nSPS) is 13.2. The van der Waals surface area contributed by atoms with Crippen molar-refractivity contribution in [2.24, 2.45) is 5.73 Å². The third kappa shape index (κ3) is 9.25. The Balaban J connectivity index is 0.00000155. The lowest BCUT2D eigenvalue weighted by Crippen LogP contribution is -2.50. The van der Waals surface area contributed by atoms with Gasteiger partial charge in [0.1, 0.15) is 11.7 Å². The van der Waals surface area contributed by atoms with Crippen LogP contribution in [0.4, 0.5) is 4.39 Å². The third-order valence-electron chi connectivity index (χ3n) is 6.94. The highest BCUT2D eigenvalue weighted by Crippen LogP contribution is 2.36. The van der Waals surface area contributed by atoms with Crippen molar-refractivity contribution in [3.8, 4) is 11.3 Å². The van der Waals surface area contributed by atoms with Gasteiger partial charge in [0.2, 0.25) is 17.7 Å². The lowest BCUT2D eigenvalue weighted by molar-refractivity contribution is -0.138. The van der Waals surface area contributed by atoms with Gasteiger partial charge in [-0.1, -0.05) is 57.0 Å². The Morgan fingerprint density at radius 3 is 2.05 bits per heavy atom. The van der Waals surface area contributed by atoms with Crippen molar-refractivity contribution in [2.75, 3.05) is 26.2 Å². The first kappa shape index (κ1) is 35.7. The number of rotatable bonds is 7. The average Bonchev–Trinajstić information content (AvgIpc) is 2.99. The number of benzene rings is 2. The smallest absolute Gasteiger partial charge is 0.231 e. The minimum atomic E-state index is -1.04. The number of piperazine rings is 1. The number of carbonyl (C=O) groups is 3. The van der Waals surface area contributed by atoms with E-state index >= 15 is 0 Å². The maximum Gasteiger partial charge on any atom is 0.231 e. The second kappa shape index (κ2) is 17.0. The SMILES string of the molecule is CC.CC.CC(=O)N1CCN(C(=O)CCc2cc(-c3ccc(F)cc3C)nc(C(C(N)=O)c3c(Cl)cccc3Cl)c2)CC1. The number of carbonyl (C=O) groups excluding carboxylic acids is 3. The fourth-order valence-electron chi connectivity index (χ4n) is 4.86. The maximum atomic E-state index is 13.8. The van der Waals surface area contributed by atoms with E-state index in [4.69, 9.17) is 33.9 Å². The van der Waals surface area contributed by atoms with Crippen molar-refractivity contribution < 1.29 is 18.8 Å². The number of pyridine rings is 1. The summed E-state index contributed by atoms with van der Waals surface area (Å²) in [4.78, 5) is 45.6. The summed E-state index contributed by atoms with van der Waals surface area (Å²) in [6, 6.07) is 12.9. The van der Waals surface area contributed by atoms with Crippen molar-refractivity contribution in [1.29, 1.82) is 0 Å². The van der Waals surface area contributed by atoms with Crippen LogP contribution in [0, 0.1) is 12.7 Å². The summed E-state index contributed by atoms with van der Waals surface area (Å²) in [5.41, 5.74) is 9.13. The molecule has 3 amide bonds. The minimum Gasteiger partial charge on any atom is -0.369 e. The summed E-state index contributed by atoms with van der Waals surface area (Å²) in [5, 5.41) is 0.552. The fourth-order valence-corrected chi connectivity index (χ4v) is 5.47. The fraction of sp³-hybridized carbons (Fsp3) is 0.394. The molecule has 0 radical (unpaired) electrons. The molecule has 1 unspecified atom stereocenters. The number of aryl methyl sites for hydroxylation is 2. The van der Waals surface area contributed by atoms with E-state index in [1.807, 2.05) is 33.8 Å². The van der Waals surface area contributed by atoms with E-state index in [1.54, 1.807) is 47.1 Å². The summed E-state index contributed by atoms with van der Waals surface area (Å²) >= 11 is 12.9. The molecule has 4 rings (SSSR count). The highest BCUT2D eigenvalue weighted by molar-refractivity contribution is 6.36. The van der Waals surface area contributed by atoms with Crippen LogP contribution in [-0.2, 0) is 20.8 Å². The molecule has 0 bridgehead atoms. The number of amides is 3. The topological polar surface area (TPSA) is 96.6 Å². The summed E-state index contributed by atoms with van der Waals surface area (Å²) in [6.07, 6.45) is 0.593. The Hall–Kier alpha value is -3.49. The third-order valence-corrected chi connectivity index (χ3v) is 7.60. The van der Waals surface area contributed by atoms with Gasteiger partial charge in [-0.15, -0.1) is 0 Å². The van der Waals surface area contributed by atoms with Gasteiger partial charge in [0, 0.05) is 60.7 Å². The van der Waals surface area contributed by atoms with Crippen LogP contribution in [0.1, 0.15) is 69.3 Å². The van der Waals surface area contributed by atoms with E-state index in [2.05, 4.69) is 0 Å². The molecule has 2 aromatic carbocycles. The first-order valence-corrected chi connectivity index (χ1v) is 15.3. The number of nitrogens with two attached hydrogens (primary N) is 1. The largest absolute Gasteiger partial charge is 0.369 e. The van der Waals surface area contributed by atoms with Crippen molar-refractivity contribution in [2.45, 2.75) is 60.3 Å². The van der Waals surface area contributed by atoms with Crippen molar-refractivity contribution in [1.82, 2.24) is 14.8 Å². The van der Waals surface area contributed by atoms with Crippen molar-refractivity contribution in [3.05, 3.63) is 86.8 Å². The molecular formula is C33H41Cl2FN4O3. The van der Waals surface area contributed by atoms with Gasteiger partial charge < -0.3 is 15.5 Å². The van der Waals surface area contributed by atoms with Gasteiger partial charge in [-0.05, 0) is 66.9 Å². The van der Waals surface area contributed by atoms with Crippen LogP contribution in [0.5, 0.6) is 0 Å². The lowest BCUT2D eigenvalue weighted by Gasteiger charge is -2.34. The number of halogens is 3. The van der Waals surface area contributed by atoms with Crippen LogP contribution >= 0.6 is 23.2 Å². The van der Waals surface area contributed by atoms with Crippen molar-refractivity contribution in [3.63, 3.8) is 0 Å². The Bertz CT molecular complexity index is 1410. The van der Waals surface area contributed by atoms with Crippen molar-refractivity contribution >= 4 is 40.9 Å². The number of aromatic nitrogens is 1. The van der Waals surface area contributed by atoms with Crippen LogP contribution in [0.15, 0.2) is 48.5 Å². The Labute approximate surface area is 264 Å². The predicted molar refractivity (Wildman–Crippen MR) is 172 cm³/mol. The molecule has 3 aromatic rings. The molecule has 1 saturated heterocycles. The molecule has 0 spiro atoms. The molecule has 1 atom stereocenters. The van der Waals surface area contributed by atoms with Crippen LogP contribution in [0.2, 0.25) is 10.0 Å². The molecule has 10 heteroatoms. The van der Waals surface area contributed by atoms with Gasteiger partial charge in [-0.25, -0.2) is 4.39 Å². The Kier molecular flexibility index (Phi) is 14.1. The lowest BCUT2D eigenvalue weighted by atomic mass is 9.91. The quantitative estimate of drug-likeness (QED) is 0.311. The van der Waals surface area contributed by atoms with Gasteiger partial charge >= 0.3 is 0 Å². The van der Waals surface area contributed by atoms with Crippen LogP contribution in [0.3, 0.4) is 0 Å². The van der Waals surface area contributed by atoms with Gasteiger partial charge in [0.15, 0.2) is 0 Å². The molecule has 0 saturated carbocycles. The highest BCUT2D eigenvalue weighted by Gasteiger charge is 2.28. The van der Waals surface area contributed by atoms with Gasteiger partial charge in [-0.2, -0.15) is 0 Å². The molecule has 1 aliphatic rings. The van der Waals surface area contributed by atoms with E-state index < -0.39 is 11.8 Å². The molecule has 7 nitrogen and oxygen atoms in total. The predicted octanol–water partition coefficient (Wildman–Crippen LogP) is 6.80. The highest BCUT2D eigenvalue weighted by atomic mass is 35.5. The molecular weight excluding hydrogens is 590 g/mol. The zero-order valence-electron chi connectivity index (χ0n) is 25.7. The second-order valence-electron chi connectivity index (χ2n) is 9.60. The van der Waals surface area contributed by atoms with Crippen LogP contribution in [0.25, 0.3) is 11.3 Å². The van der Waals surface area contributed by atoms with Crippen LogP contribution in [-0.4, -0.2) is 58.7 Å². The second-order valence-corrected chi connectivity index (χ2v) is 10.4. The number of primary amides is 1. The molecule has 1 aromatic heterocycles. The molecule has 43 heavy (non-hydrogen) atoms. The summed E-state index contributed by atoms with van der Waals surface area (Å²) in [7, 11) is 0. The molecule has 232 valence electrons. The maximum absolute atomic E-state index is 13.8. The Morgan fingerprint density at radius 2 is 1.51 bits per heavy atom. The molecule has 2 N–H and O–H groups in total. The summed E-state index contributed by atoms with van der Waals surface area (Å²) in [6.45, 7) is 13.3. The first-order chi connectivity index (χ1) is 20.5. The zero-order valence-corrected chi connectivity index (χ0v) is 27.2. The molecule has 1 aliphatic heterocycles. The zero-order chi connectivity index (χ0) is 32.3. The molecule has 2 heterocycles. The van der Waals surface area contributed by atoms with Gasteiger partial charge in [-0.3, -0.25) is 19.4 Å². The van der Waals surface area contributed by atoms with E-state index in [1.165, 1.54) is 19.1 Å². The van der Waals surface area contributed by atoms with E-state index in [9.17, 15) is 18.8 Å². The molecule has 1 fully saturated rings. The first-order valence-electron chi connectivity index (χ1n) is 14.6. The number of hydrogen-bond donors (Lipinski definition) is 1. The molecule has 0 aliphatic carbocycles. The monoisotopic (exact) mass is 630 g/mol. The van der Waals surface area contributed by atoms with E-state index in [0.29, 0.717) is 60.7 Å². The van der Waals surface area contributed by atoms with E-state index in [-0.39, 0.29) is 34.1 Å². The summed E-state index contributed by atoms with van der Waals surface area (Å²) < 4.78 is 13.8. The van der Waals surface area contributed by atoms with Gasteiger partial charge in [0.05, 0.1) is 11.4 Å². The average molecular weight is 632 g/mol. The standard InChI is InChI=1S/C29H29Cl2FN4O3.2C2H6/c1-17-14-20(32)7-8-21(17)24-15-19(6-9-26(38)36-12-10-35(11-13-36)18(2)37)16-25(34-24)28(29(33)39)27-22(30)4-3-5-23(27)31;2*1-2/h3-5,7-8,14-16,28H,6,9-13H2,1-2H3,(H2,33,39);2*1-2H3. The van der Waals surface area contributed by atoms with Gasteiger partial charge in [0.25, 0.3) is 0 Å².